The second-order valence-corrected chi connectivity index (χ2v) is 4.61. The third kappa shape index (κ3) is 4.80. The number of ether oxygens (including phenoxy) is 1. The van der Waals surface area contributed by atoms with Crippen molar-refractivity contribution in [3.63, 3.8) is 0 Å². The molecule has 0 aliphatic heterocycles. The summed E-state index contributed by atoms with van der Waals surface area (Å²) in [4.78, 5) is 14.6. The van der Waals surface area contributed by atoms with Crippen molar-refractivity contribution >= 4 is 21.9 Å². The first-order valence-corrected chi connectivity index (χ1v) is 6.75. The van der Waals surface area contributed by atoms with Crippen LogP contribution < -0.4 is 5.32 Å². The first-order valence-electron chi connectivity index (χ1n) is 5.96. The number of esters is 1. The van der Waals surface area contributed by atoms with Crippen molar-refractivity contribution in [2.24, 2.45) is 5.11 Å². The van der Waals surface area contributed by atoms with E-state index in [4.69, 9.17) is 10.3 Å². The molecule has 0 saturated carbocycles. The van der Waals surface area contributed by atoms with E-state index in [0.717, 1.165) is 0 Å². The topological polar surface area (TPSA) is 87.1 Å². The quantitative estimate of drug-likeness (QED) is 0.271. The highest BCUT2D eigenvalue weighted by molar-refractivity contribution is 9.10. The second-order valence-electron chi connectivity index (χ2n) is 3.76. The fourth-order valence-corrected chi connectivity index (χ4v) is 2.16. The van der Waals surface area contributed by atoms with Crippen LogP contribution in [-0.2, 0) is 9.53 Å². The molecule has 108 valence electrons. The summed E-state index contributed by atoms with van der Waals surface area (Å²) < 4.78 is 18.5. The van der Waals surface area contributed by atoms with Gasteiger partial charge in [0.05, 0.1) is 6.61 Å². The van der Waals surface area contributed by atoms with Crippen LogP contribution in [0.3, 0.4) is 0 Å². The minimum Gasteiger partial charge on any atom is -0.465 e. The fourth-order valence-electron chi connectivity index (χ4n) is 1.59. The lowest BCUT2D eigenvalue weighted by Gasteiger charge is -2.18. The Labute approximate surface area is 124 Å². The molecule has 6 nitrogen and oxygen atoms in total. The molecule has 0 amide bonds. The molecule has 1 rings (SSSR count). The van der Waals surface area contributed by atoms with Gasteiger partial charge in [-0.05, 0) is 30.2 Å². The number of hydrogen-bond donors (Lipinski definition) is 1. The van der Waals surface area contributed by atoms with Gasteiger partial charge in [-0.2, -0.15) is 0 Å². The number of halogens is 2. The molecule has 0 radical (unpaired) electrons. The van der Waals surface area contributed by atoms with Gasteiger partial charge in [0.2, 0.25) is 0 Å². The maximum absolute atomic E-state index is 13.1. The average molecular weight is 345 g/mol. The highest BCUT2D eigenvalue weighted by atomic mass is 79.9. The molecule has 0 spiro atoms. The van der Waals surface area contributed by atoms with E-state index >= 15 is 0 Å². The molecule has 20 heavy (non-hydrogen) atoms. The van der Waals surface area contributed by atoms with E-state index in [9.17, 15) is 9.18 Å². The molecular weight excluding hydrogens is 331 g/mol. The van der Waals surface area contributed by atoms with Crippen LogP contribution >= 0.6 is 15.9 Å². The highest BCUT2D eigenvalue weighted by Gasteiger charge is 2.23. The van der Waals surface area contributed by atoms with E-state index < -0.39 is 17.8 Å². The van der Waals surface area contributed by atoms with Gasteiger partial charge in [-0.25, -0.2) is 9.18 Å². The van der Waals surface area contributed by atoms with E-state index in [1.54, 1.807) is 6.92 Å². The number of nitrogens with zero attached hydrogens (tertiary/aromatic N) is 3. The zero-order valence-corrected chi connectivity index (χ0v) is 12.4. The molecule has 0 aliphatic carbocycles. The van der Waals surface area contributed by atoms with Gasteiger partial charge >= 0.3 is 5.97 Å². The summed E-state index contributed by atoms with van der Waals surface area (Å²) in [6, 6.07) is 3.29. The summed E-state index contributed by atoms with van der Waals surface area (Å²) in [7, 11) is 0. The van der Waals surface area contributed by atoms with Gasteiger partial charge in [-0.3, -0.25) is 0 Å². The molecular formula is C12H14BrFN4O2. The number of carbonyl (C=O) groups is 1. The van der Waals surface area contributed by atoms with Crippen molar-refractivity contribution < 1.29 is 13.9 Å². The molecule has 1 N–H and O–H groups in total. The molecule has 8 heteroatoms. The van der Waals surface area contributed by atoms with Crippen molar-refractivity contribution in [3.05, 3.63) is 44.5 Å². The maximum Gasteiger partial charge on any atom is 0.327 e. The molecule has 1 atom stereocenters. The minimum absolute atomic E-state index is 0.200. The molecule has 0 bridgehead atoms. The van der Waals surface area contributed by atoms with Gasteiger partial charge in [0, 0.05) is 22.5 Å². The summed E-state index contributed by atoms with van der Waals surface area (Å²) in [5.74, 6) is -0.877. The Morgan fingerprint density at radius 3 is 3.00 bits per heavy atom. The number of azide groups is 1. The van der Waals surface area contributed by atoms with Crippen molar-refractivity contribution in [2.45, 2.75) is 13.0 Å². The monoisotopic (exact) mass is 344 g/mol. The van der Waals surface area contributed by atoms with Gasteiger partial charge < -0.3 is 10.1 Å². The SMILES string of the molecule is CCOC(=O)C(NCCN=[N+]=[N-])c1ccc(F)cc1Br. The lowest BCUT2D eigenvalue weighted by atomic mass is 10.1. The van der Waals surface area contributed by atoms with Crippen LogP contribution in [0.25, 0.3) is 10.4 Å². The van der Waals surface area contributed by atoms with E-state index in [1.165, 1.54) is 18.2 Å². The van der Waals surface area contributed by atoms with Crippen LogP contribution in [0.2, 0.25) is 0 Å². The average Bonchev–Trinajstić information content (AvgIpc) is 2.40. The van der Waals surface area contributed by atoms with Crippen molar-refractivity contribution in [1.82, 2.24) is 5.32 Å². The van der Waals surface area contributed by atoms with Crippen LogP contribution in [0.4, 0.5) is 4.39 Å². The number of carbonyl (C=O) groups excluding carboxylic acids is 1. The highest BCUT2D eigenvalue weighted by Crippen LogP contribution is 2.25. The van der Waals surface area contributed by atoms with Crippen LogP contribution in [0.5, 0.6) is 0 Å². The van der Waals surface area contributed by atoms with E-state index in [0.29, 0.717) is 16.6 Å². The maximum atomic E-state index is 13.1. The third-order valence-electron chi connectivity index (χ3n) is 2.42. The van der Waals surface area contributed by atoms with Crippen LogP contribution in [-0.4, -0.2) is 25.7 Å². The zero-order chi connectivity index (χ0) is 15.0. The Hall–Kier alpha value is -1.63. The molecule has 0 saturated heterocycles. The van der Waals surface area contributed by atoms with E-state index in [-0.39, 0.29) is 13.2 Å². The Kier molecular flexibility index (Phi) is 7.00. The molecule has 0 fully saturated rings. The Morgan fingerprint density at radius 2 is 2.40 bits per heavy atom. The zero-order valence-electron chi connectivity index (χ0n) is 10.8. The van der Waals surface area contributed by atoms with Crippen LogP contribution in [0.1, 0.15) is 18.5 Å². The Balaban J connectivity index is 2.90. The standard InChI is InChI=1S/C12H14BrFN4O2/c1-2-20-12(19)11(16-5-6-17-18-15)9-4-3-8(14)7-10(9)13/h3-4,7,11,16H,2,5-6H2,1H3. The molecule has 0 aromatic heterocycles. The summed E-state index contributed by atoms with van der Waals surface area (Å²) >= 11 is 3.22. The predicted molar refractivity (Wildman–Crippen MR) is 75.5 cm³/mol. The van der Waals surface area contributed by atoms with Gasteiger partial charge in [0.1, 0.15) is 11.9 Å². The Morgan fingerprint density at radius 1 is 1.65 bits per heavy atom. The first-order chi connectivity index (χ1) is 9.60. The number of nitrogens with one attached hydrogen (secondary N) is 1. The normalized spacial score (nSPS) is 11.6. The molecule has 0 heterocycles. The third-order valence-corrected chi connectivity index (χ3v) is 3.11. The predicted octanol–water partition coefficient (Wildman–Crippen LogP) is 3.09. The van der Waals surface area contributed by atoms with Gasteiger partial charge in [0.25, 0.3) is 0 Å². The smallest absolute Gasteiger partial charge is 0.327 e. The van der Waals surface area contributed by atoms with E-state index in [2.05, 4.69) is 31.3 Å². The van der Waals surface area contributed by atoms with Crippen LogP contribution in [0.15, 0.2) is 27.8 Å². The summed E-state index contributed by atoms with van der Waals surface area (Å²) in [5, 5.41) is 6.30. The Bertz CT molecular complexity index is 520. The summed E-state index contributed by atoms with van der Waals surface area (Å²) in [6.45, 7) is 2.45. The van der Waals surface area contributed by atoms with Crippen molar-refractivity contribution in [1.29, 1.82) is 0 Å². The lowest BCUT2D eigenvalue weighted by Crippen LogP contribution is -2.32. The van der Waals surface area contributed by atoms with E-state index in [1.807, 2.05) is 0 Å². The second kappa shape index (κ2) is 8.52. The largest absolute Gasteiger partial charge is 0.465 e. The van der Waals surface area contributed by atoms with Gasteiger partial charge in [0.15, 0.2) is 0 Å². The minimum atomic E-state index is -0.751. The summed E-state index contributed by atoms with van der Waals surface area (Å²) in [5.41, 5.74) is 8.77. The van der Waals surface area contributed by atoms with Gasteiger partial charge in [-0.15, -0.1) is 0 Å². The van der Waals surface area contributed by atoms with Crippen molar-refractivity contribution in [2.75, 3.05) is 19.7 Å². The number of benzene rings is 1. The first kappa shape index (κ1) is 16.4. The fraction of sp³-hybridized carbons (Fsp3) is 0.417. The molecule has 1 aromatic carbocycles. The lowest BCUT2D eigenvalue weighted by molar-refractivity contribution is -0.145. The summed E-state index contributed by atoms with van der Waals surface area (Å²) in [6.07, 6.45) is 0. The number of rotatable bonds is 7. The molecule has 0 aliphatic rings. The van der Waals surface area contributed by atoms with Crippen LogP contribution in [0, 0.1) is 5.82 Å². The number of hydrogen-bond acceptors (Lipinski definition) is 4. The molecule has 1 unspecified atom stereocenters. The van der Waals surface area contributed by atoms with Gasteiger partial charge in [-0.1, -0.05) is 27.1 Å². The molecule has 1 aromatic rings. The van der Waals surface area contributed by atoms with Crippen molar-refractivity contribution in [3.8, 4) is 0 Å².